The fourth-order valence-electron chi connectivity index (χ4n) is 4.36. The van der Waals surface area contributed by atoms with E-state index in [1.54, 1.807) is 12.1 Å². The molecule has 3 aromatic rings. The van der Waals surface area contributed by atoms with Crippen LogP contribution in [0, 0.1) is 0 Å². The Hall–Kier alpha value is -3.99. The molecule has 0 spiro atoms. The van der Waals surface area contributed by atoms with Crippen LogP contribution in [-0.4, -0.2) is 51.4 Å². The maximum absolute atomic E-state index is 14.4. The van der Waals surface area contributed by atoms with E-state index < -0.39 is 29.4 Å². The van der Waals surface area contributed by atoms with E-state index in [1.165, 1.54) is 39.3 Å². The largest absolute Gasteiger partial charge is 0.496 e. The number of hydrogen-bond donors (Lipinski definition) is 0. The molecule has 38 heavy (non-hydrogen) atoms. The lowest BCUT2D eigenvalue weighted by atomic mass is 9.92. The summed E-state index contributed by atoms with van der Waals surface area (Å²) in [5, 5.41) is 0.546. The van der Waals surface area contributed by atoms with Crippen LogP contribution in [0.15, 0.2) is 54.6 Å². The third-order valence-corrected chi connectivity index (χ3v) is 6.26. The summed E-state index contributed by atoms with van der Waals surface area (Å²) < 4.78 is 75.6. The molecule has 0 N–H and O–H groups in total. The van der Waals surface area contributed by atoms with Gasteiger partial charge in [0.2, 0.25) is 12.7 Å². The number of fused-ring (bicyclic) bond motifs is 3. The predicted molar refractivity (Wildman–Crippen MR) is 131 cm³/mol. The van der Waals surface area contributed by atoms with Crippen molar-refractivity contribution in [3.63, 3.8) is 0 Å². The van der Waals surface area contributed by atoms with E-state index in [2.05, 4.69) is 11.6 Å². The third kappa shape index (κ3) is 4.47. The molecule has 11 heteroatoms. The van der Waals surface area contributed by atoms with Gasteiger partial charge >= 0.3 is 12.1 Å². The van der Waals surface area contributed by atoms with E-state index in [-0.39, 0.29) is 24.7 Å². The predicted octanol–water partition coefficient (Wildman–Crippen LogP) is 5.12. The molecule has 0 aliphatic carbocycles. The summed E-state index contributed by atoms with van der Waals surface area (Å²) in [4.78, 5) is 17.8. The highest BCUT2D eigenvalue weighted by molar-refractivity contribution is 5.94. The molecular weight excluding hydrogens is 507 g/mol. The van der Waals surface area contributed by atoms with Crippen LogP contribution < -0.4 is 18.9 Å². The first-order chi connectivity index (χ1) is 18.1. The molecule has 4 rings (SSSR count). The smallest absolute Gasteiger partial charge is 0.432 e. The molecule has 0 radical (unpaired) electrons. The summed E-state index contributed by atoms with van der Waals surface area (Å²) in [7, 11) is 3.62. The van der Waals surface area contributed by atoms with Gasteiger partial charge in [-0.15, -0.1) is 0 Å². The van der Waals surface area contributed by atoms with Gasteiger partial charge in [-0.3, -0.25) is 0 Å². The zero-order valence-corrected chi connectivity index (χ0v) is 21.2. The molecule has 1 aromatic heterocycles. The molecule has 0 amide bonds. The molecule has 0 saturated carbocycles. The number of carbonyl (C=O) groups excluding carboxylic acids is 1. The lowest BCUT2D eigenvalue weighted by molar-refractivity contribution is -0.277. The van der Waals surface area contributed by atoms with Crippen molar-refractivity contribution in [3.05, 3.63) is 65.7 Å². The van der Waals surface area contributed by atoms with E-state index >= 15 is 0 Å². The fraction of sp³-hybridized carbons (Fsp3) is 0.333. The molecule has 2 atom stereocenters. The molecule has 0 bridgehead atoms. The van der Waals surface area contributed by atoms with E-state index in [0.29, 0.717) is 33.7 Å². The Labute approximate surface area is 216 Å². The van der Waals surface area contributed by atoms with Crippen molar-refractivity contribution < 1.29 is 46.4 Å². The van der Waals surface area contributed by atoms with Crippen LogP contribution in [0.5, 0.6) is 23.1 Å². The van der Waals surface area contributed by atoms with E-state index in [1.807, 2.05) is 0 Å². The Morgan fingerprint density at radius 1 is 1.08 bits per heavy atom. The topological polar surface area (TPSA) is 85.3 Å². The highest BCUT2D eigenvalue weighted by Crippen LogP contribution is 2.46. The van der Waals surface area contributed by atoms with Gasteiger partial charge in [0, 0.05) is 24.5 Å². The Kier molecular flexibility index (Phi) is 7.41. The molecule has 1 aliphatic heterocycles. The summed E-state index contributed by atoms with van der Waals surface area (Å²) >= 11 is 0. The number of halogens is 3. The number of alkyl halides is 3. The average molecular weight is 533 g/mol. The molecule has 202 valence electrons. The average Bonchev–Trinajstić information content (AvgIpc) is 3.37. The minimum atomic E-state index is -5.12. The highest BCUT2D eigenvalue weighted by Gasteiger charge is 2.64. The summed E-state index contributed by atoms with van der Waals surface area (Å²) in [6.45, 7) is 5.39. The molecule has 0 saturated heterocycles. The van der Waals surface area contributed by atoms with Crippen molar-refractivity contribution in [3.8, 4) is 23.1 Å². The van der Waals surface area contributed by atoms with Crippen LogP contribution in [0.1, 0.15) is 18.1 Å². The van der Waals surface area contributed by atoms with Crippen LogP contribution in [0.4, 0.5) is 13.2 Å². The summed E-state index contributed by atoms with van der Waals surface area (Å²) in [6, 6.07) is 9.99. The number of rotatable bonds is 9. The molecular formula is C27H26F3NO7. The number of nitrogens with zero attached hydrogens (tertiary/aromatic N) is 1. The third-order valence-electron chi connectivity index (χ3n) is 6.26. The number of methoxy groups -OCH3 is 3. The van der Waals surface area contributed by atoms with Crippen molar-refractivity contribution >= 4 is 16.9 Å². The van der Waals surface area contributed by atoms with Crippen molar-refractivity contribution in [1.29, 1.82) is 0 Å². The standard InChI is InChI=1S/C27H26F3NO7/c1-15(2)20(38-25(32)26(35-5,27(28,29)30)16-9-7-6-8-10-16)13-18-22(33-3)17-11-12-19-23(37-14-36-19)21(17)31-24(18)34-4/h6-12,20H,1,13-14H2,2-5H3/t20-,26-/m0/s1. The van der Waals surface area contributed by atoms with Gasteiger partial charge in [0.05, 0.1) is 19.8 Å². The van der Waals surface area contributed by atoms with Gasteiger partial charge in [-0.25, -0.2) is 9.78 Å². The highest BCUT2D eigenvalue weighted by atomic mass is 19.4. The number of carbonyl (C=O) groups is 1. The first kappa shape index (κ1) is 27.1. The minimum Gasteiger partial charge on any atom is -0.496 e. The van der Waals surface area contributed by atoms with Crippen molar-refractivity contribution in [2.75, 3.05) is 28.1 Å². The molecule has 0 fully saturated rings. The number of benzene rings is 2. The minimum absolute atomic E-state index is 0.0259. The lowest BCUT2D eigenvalue weighted by Crippen LogP contribution is -2.52. The first-order valence-corrected chi connectivity index (χ1v) is 11.5. The van der Waals surface area contributed by atoms with Gasteiger partial charge in [-0.05, 0) is 24.6 Å². The van der Waals surface area contributed by atoms with E-state index in [4.69, 9.17) is 28.4 Å². The maximum atomic E-state index is 14.4. The van der Waals surface area contributed by atoms with Gasteiger partial charge < -0.3 is 28.4 Å². The monoisotopic (exact) mass is 533 g/mol. The van der Waals surface area contributed by atoms with Crippen LogP contribution in [0.3, 0.4) is 0 Å². The molecule has 1 aliphatic rings. The van der Waals surface area contributed by atoms with Crippen molar-refractivity contribution in [2.45, 2.75) is 31.2 Å². The van der Waals surface area contributed by atoms with Gasteiger partial charge in [-0.2, -0.15) is 13.2 Å². The normalized spacial score (nSPS) is 15.0. The Morgan fingerprint density at radius 3 is 2.37 bits per heavy atom. The second kappa shape index (κ2) is 10.4. The first-order valence-electron chi connectivity index (χ1n) is 11.5. The van der Waals surface area contributed by atoms with Gasteiger partial charge in [0.15, 0.2) is 11.5 Å². The number of pyridine rings is 1. The molecule has 8 nitrogen and oxygen atoms in total. The Balaban J connectivity index is 1.77. The Bertz CT molecular complexity index is 1360. The van der Waals surface area contributed by atoms with Crippen LogP contribution >= 0.6 is 0 Å². The number of aromatic nitrogens is 1. The molecule has 2 aromatic carbocycles. The van der Waals surface area contributed by atoms with Crippen LogP contribution in [0.25, 0.3) is 10.9 Å². The van der Waals surface area contributed by atoms with E-state index in [0.717, 1.165) is 19.2 Å². The summed E-state index contributed by atoms with van der Waals surface area (Å²) in [6.07, 6.45) is -6.47. The van der Waals surface area contributed by atoms with E-state index in [9.17, 15) is 18.0 Å². The van der Waals surface area contributed by atoms with Crippen molar-refractivity contribution in [1.82, 2.24) is 4.98 Å². The van der Waals surface area contributed by atoms with Crippen LogP contribution in [0.2, 0.25) is 0 Å². The summed E-state index contributed by atoms with van der Waals surface area (Å²) in [5.41, 5.74) is -2.71. The number of ether oxygens (including phenoxy) is 6. The zero-order valence-electron chi connectivity index (χ0n) is 21.2. The zero-order chi connectivity index (χ0) is 27.7. The lowest BCUT2D eigenvalue weighted by Gasteiger charge is -2.34. The SMILES string of the molecule is C=C(C)[C@H](Cc1c(OC)nc2c3c(ccc2c1OC)OCO3)OC(=O)[C@@](OC)(c1ccccc1)C(F)(F)F. The maximum Gasteiger partial charge on any atom is 0.432 e. The Morgan fingerprint density at radius 2 is 1.79 bits per heavy atom. The number of esters is 1. The number of hydrogen-bond acceptors (Lipinski definition) is 8. The van der Waals surface area contributed by atoms with Crippen molar-refractivity contribution in [2.24, 2.45) is 0 Å². The molecule has 2 heterocycles. The second-order valence-electron chi connectivity index (χ2n) is 8.52. The van der Waals surface area contributed by atoms with Crippen LogP contribution in [-0.2, 0) is 26.3 Å². The van der Waals surface area contributed by atoms with Gasteiger partial charge in [0.25, 0.3) is 5.60 Å². The quantitative estimate of drug-likeness (QED) is 0.277. The second-order valence-corrected chi connectivity index (χ2v) is 8.52. The molecule has 0 unspecified atom stereocenters. The van der Waals surface area contributed by atoms with Gasteiger partial charge in [0.1, 0.15) is 17.4 Å². The fourth-order valence-corrected chi connectivity index (χ4v) is 4.36. The summed E-state index contributed by atoms with van der Waals surface area (Å²) in [5.74, 6) is -0.297. The van der Waals surface area contributed by atoms with Gasteiger partial charge in [-0.1, -0.05) is 36.9 Å².